The highest BCUT2D eigenvalue weighted by atomic mass is 16.3. The van der Waals surface area contributed by atoms with Crippen molar-refractivity contribution >= 4 is 65.6 Å². The van der Waals surface area contributed by atoms with E-state index in [0.29, 0.717) is 17.6 Å². The highest BCUT2D eigenvalue weighted by Gasteiger charge is 2.19. The molecule has 0 N–H and O–H groups in total. The second-order valence-corrected chi connectivity index (χ2v) is 14.5. The van der Waals surface area contributed by atoms with Gasteiger partial charge in [-0.25, -0.2) is 4.98 Å². The molecule has 12 rings (SSSR count). The lowest BCUT2D eigenvalue weighted by molar-refractivity contribution is 0.669. The van der Waals surface area contributed by atoms with Crippen molar-refractivity contribution in [1.29, 1.82) is 0 Å². The molecule has 0 fully saturated rings. The molecular weight excluding hydrogens is 699 g/mol. The molecule has 8 aromatic carbocycles. The third kappa shape index (κ3) is 4.94. The molecule has 0 amide bonds. The first-order valence-electron chi connectivity index (χ1n) is 19.1. The topological polar surface area (TPSA) is 61.7 Å². The SMILES string of the molecule is c1ccc(-c2ccc(-c3nc(-c4ccc5c(c4)oc4ccc(-n6c7ccccc7c7ccccc76)cc45)nc(-n4c5ccccc5c5ccccc54)n3)cc2)cc1. The summed E-state index contributed by atoms with van der Waals surface area (Å²) in [4.78, 5) is 15.5. The van der Waals surface area contributed by atoms with E-state index in [2.05, 4.69) is 191 Å². The minimum atomic E-state index is 0.556. The lowest BCUT2D eigenvalue weighted by Gasteiger charge is -2.11. The lowest BCUT2D eigenvalue weighted by Crippen LogP contribution is -2.06. The summed E-state index contributed by atoms with van der Waals surface area (Å²) in [6.45, 7) is 0. The van der Waals surface area contributed by atoms with Gasteiger partial charge in [-0.2, -0.15) is 9.97 Å². The fourth-order valence-electron chi connectivity index (χ4n) is 8.55. The average molecular weight is 730 g/mol. The predicted molar refractivity (Wildman–Crippen MR) is 232 cm³/mol. The van der Waals surface area contributed by atoms with Crippen molar-refractivity contribution in [3.05, 3.63) is 188 Å². The molecule has 57 heavy (non-hydrogen) atoms. The van der Waals surface area contributed by atoms with Gasteiger partial charge in [0.05, 0.1) is 22.1 Å². The molecule has 0 radical (unpaired) electrons. The normalized spacial score (nSPS) is 11.9. The zero-order chi connectivity index (χ0) is 37.5. The van der Waals surface area contributed by atoms with Crippen LogP contribution in [0.15, 0.2) is 192 Å². The van der Waals surface area contributed by atoms with Crippen LogP contribution in [-0.4, -0.2) is 24.1 Å². The molecule has 266 valence electrons. The zero-order valence-electron chi connectivity index (χ0n) is 30.5. The van der Waals surface area contributed by atoms with Crippen molar-refractivity contribution in [2.24, 2.45) is 0 Å². The Balaban J connectivity index is 1.03. The number of furan rings is 1. The van der Waals surface area contributed by atoms with Crippen LogP contribution in [0.2, 0.25) is 0 Å². The van der Waals surface area contributed by atoms with Gasteiger partial charge in [-0.05, 0) is 65.7 Å². The van der Waals surface area contributed by atoms with Crippen molar-refractivity contribution < 1.29 is 4.42 Å². The van der Waals surface area contributed by atoms with Crippen molar-refractivity contribution in [3.63, 3.8) is 0 Å². The van der Waals surface area contributed by atoms with E-state index in [0.717, 1.165) is 71.7 Å². The quantitative estimate of drug-likeness (QED) is 0.177. The summed E-state index contributed by atoms with van der Waals surface area (Å²) in [5.41, 5.74) is 11.1. The molecule has 4 heterocycles. The van der Waals surface area contributed by atoms with Gasteiger partial charge in [-0.1, -0.05) is 133 Å². The van der Waals surface area contributed by atoms with Gasteiger partial charge in [-0.3, -0.25) is 4.57 Å². The molecule has 0 aliphatic rings. The third-order valence-corrected chi connectivity index (χ3v) is 11.2. The van der Waals surface area contributed by atoms with Crippen molar-refractivity contribution in [2.75, 3.05) is 0 Å². The van der Waals surface area contributed by atoms with E-state index in [1.807, 2.05) is 6.07 Å². The Morgan fingerprint density at radius 1 is 0.316 bits per heavy atom. The first kappa shape index (κ1) is 31.5. The number of benzene rings is 8. The van der Waals surface area contributed by atoms with E-state index >= 15 is 0 Å². The van der Waals surface area contributed by atoms with Crippen LogP contribution in [-0.2, 0) is 0 Å². The molecule has 0 unspecified atom stereocenters. The maximum Gasteiger partial charge on any atom is 0.238 e. The summed E-state index contributed by atoms with van der Waals surface area (Å²) in [6.07, 6.45) is 0. The monoisotopic (exact) mass is 729 g/mol. The smallest absolute Gasteiger partial charge is 0.238 e. The van der Waals surface area contributed by atoms with E-state index < -0.39 is 0 Å². The summed E-state index contributed by atoms with van der Waals surface area (Å²) >= 11 is 0. The number of para-hydroxylation sites is 4. The Morgan fingerprint density at radius 3 is 1.42 bits per heavy atom. The predicted octanol–water partition coefficient (Wildman–Crippen LogP) is 13.0. The van der Waals surface area contributed by atoms with Gasteiger partial charge in [0.1, 0.15) is 11.2 Å². The summed E-state index contributed by atoms with van der Waals surface area (Å²) in [5, 5.41) is 6.85. The van der Waals surface area contributed by atoms with E-state index in [1.54, 1.807) is 0 Å². The number of hydrogen-bond acceptors (Lipinski definition) is 4. The molecule has 12 aromatic rings. The molecule has 0 aliphatic heterocycles. The van der Waals surface area contributed by atoms with Crippen LogP contribution in [0.25, 0.3) is 111 Å². The van der Waals surface area contributed by atoms with Gasteiger partial charge >= 0.3 is 0 Å². The molecule has 0 bridgehead atoms. The average Bonchev–Trinajstić information content (AvgIpc) is 3.94. The summed E-state index contributed by atoms with van der Waals surface area (Å²) in [5.74, 6) is 1.72. The molecular formula is C51H31N5O. The first-order valence-corrected chi connectivity index (χ1v) is 19.1. The molecule has 0 saturated heterocycles. The van der Waals surface area contributed by atoms with Crippen LogP contribution in [0.4, 0.5) is 0 Å². The fourth-order valence-corrected chi connectivity index (χ4v) is 8.55. The van der Waals surface area contributed by atoms with Crippen molar-refractivity contribution in [1.82, 2.24) is 24.1 Å². The number of rotatable bonds is 5. The first-order chi connectivity index (χ1) is 28.2. The van der Waals surface area contributed by atoms with Crippen molar-refractivity contribution in [2.45, 2.75) is 0 Å². The number of nitrogens with zero attached hydrogens (tertiary/aromatic N) is 5. The Labute approximate surface area is 326 Å². The minimum absolute atomic E-state index is 0.556. The second kappa shape index (κ2) is 12.3. The van der Waals surface area contributed by atoms with Crippen LogP contribution < -0.4 is 0 Å². The summed E-state index contributed by atoms with van der Waals surface area (Å²) < 4.78 is 11.1. The lowest BCUT2D eigenvalue weighted by atomic mass is 10.0. The van der Waals surface area contributed by atoms with Gasteiger partial charge in [-0.15, -0.1) is 0 Å². The molecule has 0 atom stereocenters. The van der Waals surface area contributed by atoms with Gasteiger partial charge in [0.25, 0.3) is 0 Å². The Hall–Kier alpha value is -7.83. The maximum absolute atomic E-state index is 6.56. The maximum atomic E-state index is 6.56. The third-order valence-electron chi connectivity index (χ3n) is 11.2. The number of fused-ring (bicyclic) bond motifs is 9. The van der Waals surface area contributed by atoms with E-state index in [9.17, 15) is 0 Å². The Bertz CT molecular complexity index is 3410. The van der Waals surface area contributed by atoms with Crippen LogP contribution in [0.5, 0.6) is 0 Å². The van der Waals surface area contributed by atoms with Crippen LogP contribution in [0, 0.1) is 0 Å². The summed E-state index contributed by atoms with van der Waals surface area (Å²) in [7, 11) is 0. The van der Waals surface area contributed by atoms with E-state index in [-0.39, 0.29) is 0 Å². The Kier molecular flexibility index (Phi) is 6.83. The summed E-state index contributed by atoms with van der Waals surface area (Å²) in [6, 6.07) is 65.6. The van der Waals surface area contributed by atoms with Gasteiger partial charge < -0.3 is 8.98 Å². The fraction of sp³-hybridized carbons (Fsp3) is 0. The number of aromatic nitrogens is 5. The van der Waals surface area contributed by atoms with E-state index in [1.165, 1.54) is 21.8 Å². The van der Waals surface area contributed by atoms with Gasteiger partial charge in [0, 0.05) is 49.1 Å². The van der Waals surface area contributed by atoms with Crippen molar-refractivity contribution in [3.8, 4) is 45.5 Å². The van der Waals surface area contributed by atoms with Crippen LogP contribution in [0.1, 0.15) is 0 Å². The molecule has 0 saturated carbocycles. The largest absolute Gasteiger partial charge is 0.456 e. The number of hydrogen-bond donors (Lipinski definition) is 0. The van der Waals surface area contributed by atoms with Crippen LogP contribution in [0.3, 0.4) is 0 Å². The highest BCUT2D eigenvalue weighted by molar-refractivity contribution is 6.11. The molecule has 6 heteroatoms. The molecule has 0 spiro atoms. The van der Waals surface area contributed by atoms with Crippen LogP contribution >= 0.6 is 0 Å². The minimum Gasteiger partial charge on any atom is -0.456 e. The van der Waals surface area contributed by atoms with Gasteiger partial charge in [0.2, 0.25) is 5.95 Å². The zero-order valence-corrected chi connectivity index (χ0v) is 30.5. The van der Waals surface area contributed by atoms with E-state index in [4.69, 9.17) is 19.4 Å². The molecule has 6 nitrogen and oxygen atoms in total. The van der Waals surface area contributed by atoms with Gasteiger partial charge in [0.15, 0.2) is 11.6 Å². The standard InChI is InChI=1S/C51H31N5O/c1-2-12-32(13-3-1)33-22-24-34(25-23-33)49-52-50(54-51(53-49)56-45-20-10-6-16-39(45)40-17-7-11-21-46(40)56)35-26-28-41-42-31-36(27-29-47(42)57-48(41)30-35)55-43-18-8-4-14-37(43)38-15-5-9-19-44(38)55/h1-31H. The second-order valence-electron chi connectivity index (χ2n) is 14.5. The highest BCUT2D eigenvalue weighted by Crippen LogP contribution is 2.38. The molecule has 4 aromatic heterocycles. The Morgan fingerprint density at radius 2 is 0.807 bits per heavy atom. The molecule has 0 aliphatic carbocycles.